The van der Waals surface area contributed by atoms with Gasteiger partial charge < -0.3 is 10.2 Å². The minimum atomic E-state index is -0.939. The molecule has 4 rings (SSSR count). The van der Waals surface area contributed by atoms with E-state index >= 15 is 0 Å². The van der Waals surface area contributed by atoms with Crippen molar-refractivity contribution in [2.75, 3.05) is 18.4 Å². The summed E-state index contributed by atoms with van der Waals surface area (Å²) < 4.78 is 15.6. The molecule has 3 aromatic rings. The lowest BCUT2D eigenvalue weighted by molar-refractivity contribution is 0.218. The Hall–Kier alpha value is -2.55. The van der Waals surface area contributed by atoms with Gasteiger partial charge in [0.05, 0.1) is 11.0 Å². The van der Waals surface area contributed by atoms with E-state index in [1.165, 1.54) is 4.90 Å². The summed E-state index contributed by atoms with van der Waals surface area (Å²) in [5.74, 6) is 0.991. The van der Waals surface area contributed by atoms with E-state index in [9.17, 15) is 9.18 Å². The minimum absolute atomic E-state index is 0.139. The number of urea groups is 1. The van der Waals surface area contributed by atoms with E-state index in [-0.39, 0.29) is 12.6 Å². The number of carbonyl (C=O) groups excluding carboxylic acids is 1. The Labute approximate surface area is 151 Å². The van der Waals surface area contributed by atoms with Crippen molar-refractivity contribution in [1.29, 1.82) is 0 Å². The van der Waals surface area contributed by atoms with Gasteiger partial charge >= 0.3 is 6.03 Å². The Bertz CT molecular complexity index is 945. The molecule has 0 unspecified atom stereocenters. The molecule has 1 aromatic carbocycles. The van der Waals surface area contributed by atoms with Crippen LogP contribution in [0.15, 0.2) is 41.1 Å². The molecule has 2 amide bonds. The number of nitrogens with zero attached hydrogens (tertiary/aromatic N) is 5. The lowest BCUT2D eigenvalue weighted by Crippen LogP contribution is -2.33. The minimum Gasteiger partial charge on any atom is -0.322 e. The molecule has 1 fully saturated rings. The van der Waals surface area contributed by atoms with Crippen molar-refractivity contribution >= 4 is 33.4 Å². The molecule has 128 valence electrons. The van der Waals surface area contributed by atoms with E-state index in [2.05, 4.69) is 36.3 Å². The van der Waals surface area contributed by atoms with Crippen LogP contribution >= 0.6 is 15.9 Å². The third kappa shape index (κ3) is 3.32. The fourth-order valence-electron chi connectivity index (χ4n) is 2.72. The van der Waals surface area contributed by atoms with Gasteiger partial charge in [0.25, 0.3) is 5.78 Å². The number of aromatic nitrogens is 4. The highest BCUT2D eigenvalue weighted by Crippen LogP contribution is 2.21. The smallest absolute Gasteiger partial charge is 0.321 e. The lowest BCUT2D eigenvalue weighted by Gasteiger charge is -2.16. The molecule has 0 spiro atoms. The van der Waals surface area contributed by atoms with Crippen LogP contribution in [0.2, 0.25) is 0 Å². The monoisotopic (exact) mass is 404 g/mol. The number of benzene rings is 1. The molecule has 25 heavy (non-hydrogen) atoms. The molecule has 9 heteroatoms. The highest BCUT2D eigenvalue weighted by Gasteiger charge is 2.25. The van der Waals surface area contributed by atoms with Crippen LogP contribution in [0, 0.1) is 0 Å². The molecule has 1 aliphatic rings. The largest absolute Gasteiger partial charge is 0.322 e. The van der Waals surface area contributed by atoms with Gasteiger partial charge in [0.15, 0.2) is 5.82 Å². The van der Waals surface area contributed by atoms with Gasteiger partial charge in [-0.1, -0.05) is 12.1 Å². The van der Waals surface area contributed by atoms with Gasteiger partial charge in [-0.25, -0.2) is 18.7 Å². The van der Waals surface area contributed by atoms with E-state index in [0.29, 0.717) is 30.3 Å². The maximum atomic E-state index is 13.2. The summed E-state index contributed by atoms with van der Waals surface area (Å²) in [7, 11) is 0. The van der Waals surface area contributed by atoms with Gasteiger partial charge in [0, 0.05) is 30.2 Å². The number of anilines is 1. The maximum Gasteiger partial charge on any atom is 0.321 e. The molecule has 1 N–H and O–H groups in total. The first-order valence-corrected chi connectivity index (χ1v) is 8.56. The number of alkyl halides is 1. The molecule has 0 radical (unpaired) electrons. The highest BCUT2D eigenvalue weighted by molar-refractivity contribution is 9.10. The van der Waals surface area contributed by atoms with Crippen molar-refractivity contribution in [3.8, 4) is 11.4 Å². The van der Waals surface area contributed by atoms with Crippen LogP contribution in [0.4, 0.5) is 14.9 Å². The Kier molecular flexibility index (Phi) is 4.08. The zero-order chi connectivity index (χ0) is 17.4. The number of fused-ring (bicyclic) bond motifs is 1. The number of halogens is 2. The summed E-state index contributed by atoms with van der Waals surface area (Å²) in [5.41, 5.74) is 1.36. The topological polar surface area (TPSA) is 75.4 Å². The summed E-state index contributed by atoms with van der Waals surface area (Å²) in [6, 6.07) is 6.92. The number of hydrogen-bond acceptors (Lipinski definition) is 4. The Morgan fingerprint density at radius 2 is 2.28 bits per heavy atom. The fourth-order valence-corrected chi connectivity index (χ4v) is 3.02. The second kappa shape index (κ2) is 6.40. The third-order valence-electron chi connectivity index (χ3n) is 3.95. The number of carbonyl (C=O) groups is 1. The Morgan fingerprint density at radius 1 is 1.40 bits per heavy atom. The normalized spacial score (nSPS) is 17.2. The average molecular weight is 405 g/mol. The molecule has 0 saturated carbocycles. The van der Waals surface area contributed by atoms with Crippen molar-refractivity contribution < 1.29 is 9.18 Å². The predicted molar refractivity (Wildman–Crippen MR) is 94.0 cm³/mol. The molecule has 1 atom stereocenters. The number of nitrogens with one attached hydrogen (secondary N) is 1. The standard InChI is InChI=1S/C16H14BrFN6O/c17-11-7-19-15-21-14(22-24(15)8-11)10-2-1-3-13(6-10)20-16(25)23-5-4-12(18)9-23/h1-3,6-8,12H,4-5,9H2,(H,20,25)/t12-/m1/s1. The van der Waals surface area contributed by atoms with Crippen LogP contribution in [-0.2, 0) is 0 Å². The summed E-state index contributed by atoms with van der Waals surface area (Å²) in [4.78, 5) is 22.2. The first kappa shape index (κ1) is 15.9. The first-order valence-electron chi connectivity index (χ1n) is 7.77. The van der Waals surface area contributed by atoms with Crippen molar-refractivity contribution in [2.24, 2.45) is 0 Å². The Balaban J connectivity index is 1.57. The predicted octanol–water partition coefficient (Wildman–Crippen LogP) is 3.13. The van der Waals surface area contributed by atoms with Crippen LogP contribution in [-0.4, -0.2) is 49.8 Å². The van der Waals surface area contributed by atoms with E-state index in [1.807, 2.05) is 12.1 Å². The molecular formula is C16H14BrFN6O. The van der Waals surface area contributed by atoms with E-state index in [4.69, 9.17) is 0 Å². The van der Waals surface area contributed by atoms with Crippen LogP contribution in [0.25, 0.3) is 17.2 Å². The van der Waals surface area contributed by atoms with Crippen molar-refractivity contribution in [1.82, 2.24) is 24.5 Å². The number of hydrogen-bond donors (Lipinski definition) is 1. The van der Waals surface area contributed by atoms with Gasteiger partial charge in [-0.05, 0) is 34.5 Å². The summed E-state index contributed by atoms with van der Waals surface area (Å²) >= 11 is 3.34. The van der Waals surface area contributed by atoms with Gasteiger partial charge in [0.2, 0.25) is 0 Å². The highest BCUT2D eigenvalue weighted by atomic mass is 79.9. The van der Waals surface area contributed by atoms with Crippen LogP contribution in [0.1, 0.15) is 6.42 Å². The molecule has 3 heterocycles. The Morgan fingerprint density at radius 3 is 3.08 bits per heavy atom. The zero-order valence-electron chi connectivity index (χ0n) is 13.1. The van der Waals surface area contributed by atoms with Crippen LogP contribution in [0.3, 0.4) is 0 Å². The molecule has 7 nitrogen and oxygen atoms in total. The second-order valence-corrected chi connectivity index (χ2v) is 6.71. The second-order valence-electron chi connectivity index (χ2n) is 5.80. The van der Waals surface area contributed by atoms with E-state index in [0.717, 1.165) is 10.0 Å². The number of likely N-dealkylation sites (tertiary alicyclic amines) is 1. The van der Waals surface area contributed by atoms with E-state index < -0.39 is 6.17 Å². The van der Waals surface area contributed by atoms with Crippen molar-refractivity contribution in [2.45, 2.75) is 12.6 Å². The van der Waals surface area contributed by atoms with E-state index in [1.54, 1.807) is 29.0 Å². The summed E-state index contributed by atoms with van der Waals surface area (Å²) in [5, 5.41) is 7.18. The van der Waals surface area contributed by atoms with Crippen LogP contribution < -0.4 is 5.32 Å². The molecule has 0 aliphatic carbocycles. The van der Waals surface area contributed by atoms with Gasteiger partial charge in [0.1, 0.15) is 6.17 Å². The van der Waals surface area contributed by atoms with Crippen molar-refractivity contribution in [3.63, 3.8) is 0 Å². The number of amides is 2. The summed E-state index contributed by atoms with van der Waals surface area (Å²) in [6.45, 7) is 0.571. The third-order valence-corrected chi connectivity index (χ3v) is 4.36. The van der Waals surface area contributed by atoms with Gasteiger partial charge in [-0.3, -0.25) is 0 Å². The summed E-state index contributed by atoms with van der Waals surface area (Å²) in [6.07, 6.45) is 2.87. The van der Waals surface area contributed by atoms with Crippen LogP contribution in [0.5, 0.6) is 0 Å². The molecule has 0 bridgehead atoms. The van der Waals surface area contributed by atoms with Gasteiger partial charge in [-0.2, -0.15) is 4.98 Å². The molecule has 1 aliphatic heterocycles. The average Bonchev–Trinajstić information content (AvgIpc) is 3.21. The first-order chi connectivity index (χ1) is 12.1. The van der Waals surface area contributed by atoms with Crippen molar-refractivity contribution in [3.05, 3.63) is 41.1 Å². The molecule has 2 aromatic heterocycles. The number of rotatable bonds is 2. The maximum absolute atomic E-state index is 13.2. The lowest BCUT2D eigenvalue weighted by atomic mass is 10.2. The molecular weight excluding hydrogens is 391 g/mol. The fraction of sp³-hybridized carbons (Fsp3) is 0.250. The van der Waals surface area contributed by atoms with Gasteiger partial charge in [-0.15, -0.1) is 5.10 Å². The zero-order valence-corrected chi connectivity index (χ0v) is 14.6. The quantitative estimate of drug-likeness (QED) is 0.711. The SMILES string of the molecule is O=C(Nc1cccc(-c2nc3ncc(Br)cn3n2)c1)N1CC[C@@H](F)C1. The molecule has 1 saturated heterocycles.